The largest absolute Gasteiger partial charge is 0.394 e. The molecule has 4 atom stereocenters. The van der Waals surface area contributed by atoms with Gasteiger partial charge in [0.15, 0.2) is 0 Å². The molecule has 0 rings (SSSR count). The lowest BCUT2D eigenvalue weighted by atomic mass is 10.0. The summed E-state index contributed by atoms with van der Waals surface area (Å²) >= 11 is 0. The molecule has 41 heavy (non-hydrogen) atoms. The van der Waals surface area contributed by atoms with Crippen LogP contribution in [-0.4, -0.2) is 102 Å². The molecule has 0 spiro atoms. The highest BCUT2D eigenvalue weighted by atomic mass is 16.6. The molecule has 248 valence electrons. The zero-order valence-corrected chi connectivity index (χ0v) is 27.6. The minimum absolute atomic E-state index is 0.00302. The Balaban J connectivity index is 3.47. The van der Waals surface area contributed by atoms with Gasteiger partial charge in [-0.2, -0.15) is 0 Å². The zero-order valence-electron chi connectivity index (χ0n) is 27.6. The molecule has 0 amide bonds. The van der Waals surface area contributed by atoms with Gasteiger partial charge in [0, 0.05) is 6.61 Å². The summed E-state index contributed by atoms with van der Waals surface area (Å²) in [6, 6.07) is 0. The maximum atomic E-state index is 8.64. The summed E-state index contributed by atoms with van der Waals surface area (Å²) in [5.74, 6) is 0. The van der Waals surface area contributed by atoms with Crippen LogP contribution in [0.1, 0.15) is 118 Å². The van der Waals surface area contributed by atoms with Gasteiger partial charge in [-0.3, -0.25) is 0 Å². The summed E-state index contributed by atoms with van der Waals surface area (Å²) in [7, 11) is 0. The van der Waals surface area contributed by atoms with E-state index >= 15 is 0 Å². The Labute approximate surface area is 253 Å². The Hall–Kier alpha value is -0.320. The average Bonchev–Trinajstić information content (AvgIpc) is 2.97. The van der Waals surface area contributed by atoms with Crippen molar-refractivity contribution in [3.63, 3.8) is 0 Å². The second kappa shape index (κ2) is 32.6. The lowest BCUT2D eigenvalue weighted by Crippen LogP contribution is -2.28. The number of aliphatic hydroxyl groups excluding tert-OH is 1. The monoisotopic (exact) mass is 592 g/mol. The summed E-state index contributed by atoms with van der Waals surface area (Å²) in [6.45, 7) is 15.7. The predicted molar refractivity (Wildman–Crippen MR) is 167 cm³/mol. The Kier molecular flexibility index (Phi) is 32.3. The smallest absolute Gasteiger partial charge is 0.0781 e. The van der Waals surface area contributed by atoms with E-state index in [9.17, 15) is 0 Å². The van der Waals surface area contributed by atoms with Gasteiger partial charge in [0.05, 0.1) is 90.5 Å². The third-order valence-corrected chi connectivity index (χ3v) is 6.83. The summed E-state index contributed by atoms with van der Waals surface area (Å²) in [4.78, 5) is 0. The minimum Gasteiger partial charge on any atom is -0.394 e. The third kappa shape index (κ3) is 32.4. The molecule has 0 aromatic rings. The highest BCUT2D eigenvalue weighted by Gasteiger charge is 2.12. The van der Waals surface area contributed by atoms with E-state index in [0.29, 0.717) is 59.5 Å². The second-order valence-electron chi connectivity index (χ2n) is 11.4. The van der Waals surface area contributed by atoms with Crippen LogP contribution in [0, 0.1) is 0 Å². The van der Waals surface area contributed by atoms with Crippen LogP contribution in [0.15, 0.2) is 0 Å². The highest BCUT2D eigenvalue weighted by Crippen LogP contribution is 2.12. The Morgan fingerprint density at radius 1 is 0.390 bits per heavy atom. The van der Waals surface area contributed by atoms with Crippen LogP contribution in [0.5, 0.6) is 0 Å². The Morgan fingerprint density at radius 2 is 0.780 bits per heavy atom. The van der Waals surface area contributed by atoms with E-state index in [2.05, 4.69) is 13.8 Å². The normalized spacial score (nSPS) is 14.8. The number of unbranched alkanes of at least 4 members (excludes halogenated alkanes) is 12. The summed E-state index contributed by atoms with van der Waals surface area (Å²) in [5, 5.41) is 8.64. The first-order valence-electron chi connectivity index (χ1n) is 16.8. The van der Waals surface area contributed by atoms with E-state index in [1.54, 1.807) is 0 Å². The molecule has 0 aliphatic heterocycles. The van der Waals surface area contributed by atoms with Gasteiger partial charge in [0.25, 0.3) is 0 Å². The van der Waals surface area contributed by atoms with E-state index in [4.69, 9.17) is 38.3 Å². The summed E-state index contributed by atoms with van der Waals surface area (Å²) in [6.07, 6.45) is 17.8. The Morgan fingerprint density at radius 3 is 1.27 bits per heavy atom. The quantitative estimate of drug-likeness (QED) is 0.0823. The molecule has 0 radical (unpaired) electrons. The first kappa shape index (κ1) is 40.7. The molecule has 8 heteroatoms. The molecule has 0 aliphatic carbocycles. The minimum atomic E-state index is -0.0236. The van der Waals surface area contributed by atoms with E-state index in [0.717, 1.165) is 13.0 Å². The zero-order chi connectivity index (χ0) is 30.2. The van der Waals surface area contributed by atoms with Gasteiger partial charge >= 0.3 is 0 Å². The number of aliphatic hydroxyl groups is 1. The molecule has 8 nitrogen and oxygen atoms in total. The van der Waals surface area contributed by atoms with Crippen LogP contribution in [-0.2, 0) is 33.2 Å². The molecule has 0 aromatic heterocycles. The van der Waals surface area contributed by atoms with Crippen LogP contribution in [0.4, 0.5) is 0 Å². The van der Waals surface area contributed by atoms with E-state index in [1.165, 1.54) is 77.0 Å². The molecular formula is C33H68O8. The second-order valence-corrected chi connectivity index (χ2v) is 11.4. The third-order valence-electron chi connectivity index (χ3n) is 6.83. The van der Waals surface area contributed by atoms with Gasteiger partial charge in [-0.15, -0.1) is 0 Å². The molecule has 0 saturated heterocycles. The number of ether oxygens (including phenoxy) is 7. The molecule has 0 fully saturated rings. The fourth-order valence-electron chi connectivity index (χ4n) is 4.26. The maximum Gasteiger partial charge on any atom is 0.0781 e. The molecule has 0 aromatic carbocycles. The van der Waals surface area contributed by atoms with Crippen LogP contribution in [0.25, 0.3) is 0 Å². The summed E-state index contributed by atoms with van der Waals surface area (Å²) < 4.78 is 39.7. The first-order chi connectivity index (χ1) is 20.0. The van der Waals surface area contributed by atoms with Crippen molar-refractivity contribution in [1.82, 2.24) is 0 Å². The van der Waals surface area contributed by atoms with Gasteiger partial charge < -0.3 is 38.3 Å². The van der Waals surface area contributed by atoms with Crippen LogP contribution >= 0.6 is 0 Å². The maximum absolute atomic E-state index is 8.64. The SMILES string of the molecule is CCCCCCCCCCCCCCCOCC(C)OCC(C)OCC(C)OCC(C)OCCOCCOCCO. The van der Waals surface area contributed by atoms with E-state index < -0.39 is 0 Å². The lowest BCUT2D eigenvalue weighted by Gasteiger charge is -2.21. The van der Waals surface area contributed by atoms with E-state index in [1.807, 2.05) is 20.8 Å². The van der Waals surface area contributed by atoms with Gasteiger partial charge in [0.1, 0.15) is 0 Å². The van der Waals surface area contributed by atoms with Gasteiger partial charge in [0.2, 0.25) is 0 Å². The van der Waals surface area contributed by atoms with Crippen molar-refractivity contribution >= 4 is 0 Å². The lowest BCUT2D eigenvalue weighted by molar-refractivity contribution is -0.0950. The fourth-order valence-corrected chi connectivity index (χ4v) is 4.26. The standard InChI is InChI=1S/C33H68O8/c1-6-7-8-9-10-11-12-13-14-15-16-17-18-20-37-26-30(2)39-28-32(4)41-29-33(5)40-27-31(3)38-25-24-36-23-22-35-21-19-34/h30-34H,6-29H2,1-5H3. The molecule has 0 bridgehead atoms. The van der Waals surface area contributed by atoms with Crippen LogP contribution in [0.3, 0.4) is 0 Å². The first-order valence-corrected chi connectivity index (χ1v) is 16.8. The molecule has 0 saturated carbocycles. The summed E-state index contributed by atoms with van der Waals surface area (Å²) in [5.41, 5.74) is 0. The van der Waals surface area contributed by atoms with Gasteiger partial charge in [-0.05, 0) is 34.1 Å². The Bertz CT molecular complexity index is 496. The van der Waals surface area contributed by atoms with Crippen molar-refractivity contribution in [2.45, 2.75) is 143 Å². The average molecular weight is 593 g/mol. The molecule has 1 N–H and O–H groups in total. The number of hydrogen-bond acceptors (Lipinski definition) is 8. The molecular weight excluding hydrogens is 524 g/mol. The molecule has 0 heterocycles. The number of rotatable bonds is 34. The van der Waals surface area contributed by atoms with Crippen LogP contribution in [0.2, 0.25) is 0 Å². The van der Waals surface area contributed by atoms with Crippen molar-refractivity contribution in [2.24, 2.45) is 0 Å². The van der Waals surface area contributed by atoms with Gasteiger partial charge in [-0.1, -0.05) is 84.0 Å². The molecule has 4 unspecified atom stereocenters. The van der Waals surface area contributed by atoms with Crippen LogP contribution < -0.4 is 0 Å². The van der Waals surface area contributed by atoms with Crippen molar-refractivity contribution in [3.8, 4) is 0 Å². The van der Waals surface area contributed by atoms with Crippen molar-refractivity contribution < 1.29 is 38.3 Å². The topological polar surface area (TPSA) is 84.8 Å². The predicted octanol–water partition coefficient (Wildman–Crippen LogP) is 6.74. The van der Waals surface area contributed by atoms with Crippen molar-refractivity contribution in [2.75, 3.05) is 72.7 Å². The highest BCUT2D eigenvalue weighted by molar-refractivity contribution is 4.57. The van der Waals surface area contributed by atoms with Crippen molar-refractivity contribution in [1.29, 1.82) is 0 Å². The molecule has 0 aliphatic rings. The van der Waals surface area contributed by atoms with E-state index in [-0.39, 0.29) is 31.0 Å². The van der Waals surface area contributed by atoms with Crippen molar-refractivity contribution in [3.05, 3.63) is 0 Å². The van der Waals surface area contributed by atoms with Gasteiger partial charge in [-0.25, -0.2) is 0 Å². The fraction of sp³-hybridized carbons (Fsp3) is 1.00. The number of hydrogen-bond donors (Lipinski definition) is 1.